The lowest BCUT2D eigenvalue weighted by Gasteiger charge is -2.20. The normalized spacial score (nSPS) is 16.6. The molecule has 0 radical (unpaired) electrons. The van der Waals surface area contributed by atoms with Crippen molar-refractivity contribution in [2.75, 3.05) is 0 Å². The van der Waals surface area contributed by atoms with Crippen molar-refractivity contribution >= 4 is 5.97 Å². The zero-order valence-electron chi connectivity index (χ0n) is 12.9. The Morgan fingerprint density at radius 3 is 2.54 bits per heavy atom. The van der Waals surface area contributed by atoms with E-state index in [0.717, 1.165) is 11.1 Å². The SMILES string of the molecule is C[C@@H]1Cn2nc(-c3ccc(F)cc3)c(-c3ccncc3)c2C(=O)O1. The molecule has 0 unspecified atom stereocenters. The minimum atomic E-state index is -0.401. The molecule has 0 fully saturated rings. The van der Waals surface area contributed by atoms with Gasteiger partial charge in [0, 0.05) is 23.5 Å². The molecular weight excluding hydrogens is 309 g/mol. The van der Waals surface area contributed by atoms with Crippen LogP contribution < -0.4 is 0 Å². The van der Waals surface area contributed by atoms with Crippen LogP contribution in [-0.2, 0) is 11.3 Å². The number of halogens is 1. The summed E-state index contributed by atoms with van der Waals surface area (Å²) >= 11 is 0. The highest BCUT2D eigenvalue weighted by Crippen LogP contribution is 2.36. The molecule has 3 heterocycles. The number of hydrogen-bond donors (Lipinski definition) is 0. The Hall–Kier alpha value is -3.02. The van der Waals surface area contributed by atoms with Gasteiger partial charge in [-0.25, -0.2) is 9.18 Å². The van der Waals surface area contributed by atoms with E-state index in [4.69, 9.17) is 4.74 Å². The Kier molecular flexibility index (Phi) is 3.37. The Morgan fingerprint density at radius 1 is 1.12 bits per heavy atom. The van der Waals surface area contributed by atoms with Gasteiger partial charge in [0.2, 0.25) is 0 Å². The number of rotatable bonds is 2. The lowest BCUT2D eigenvalue weighted by Crippen LogP contribution is -2.30. The standard InChI is InChI=1S/C18H14FN3O2/c1-11-10-22-17(18(23)24-11)15(12-6-8-20-9-7-12)16(21-22)13-2-4-14(19)5-3-13/h2-9,11H,10H2,1H3/t11-/m1/s1. The van der Waals surface area contributed by atoms with Crippen LogP contribution in [-0.4, -0.2) is 26.8 Å². The number of carbonyl (C=O) groups excluding carboxylic acids is 1. The highest BCUT2D eigenvalue weighted by atomic mass is 19.1. The van der Waals surface area contributed by atoms with Crippen LogP contribution in [0.5, 0.6) is 0 Å². The molecule has 1 atom stereocenters. The van der Waals surface area contributed by atoms with E-state index in [9.17, 15) is 9.18 Å². The molecule has 6 heteroatoms. The first-order valence-corrected chi connectivity index (χ1v) is 7.61. The summed E-state index contributed by atoms with van der Waals surface area (Å²) in [4.78, 5) is 16.4. The highest BCUT2D eigenvalue weighted by Gasteiger charge is 2.31. The van der Waals surface area contributed by atoms with Gasteiger partial charge in [-0.1, -0.05) is 0 Å². The van der Waals surface area contributed by atoms with Gasteiger partial charge in [0.05, 0.1) is 6.54 Å². The molecule has 3 aromatic rings. The Bertz CT molecular complexity index is 904. The molecule has 4 rings (SSSR count). The number of pyridine rings is 1. The fourth-order valence-electron chi connectivity index (χ4n) is 2.92. The van der Waals surface area contributed by atoms with Crippen LogP contribution in [0.3, 0.4) is 0 Å². The Labute approximate surface area is 137 Å². The van der Waals surface area contributed by atoms with Crippen molar-refractivity contribution in [1.29, 1.82) is 0 Å². The van der Waals surface area contributed by atoms with E-state index >= 15 is 0 Å². The van der Waals surface area contributed by atoms with Crippen LogP contribution in [0.4, 0.5) is 4.39 Å². The summed E-state index contributed by atoms with van der Waals surface area (Å²) in [6.45, 7) is 2.31. The molecule has 0 spiro atoms. The van der Waals surface area contributed by atoms with Crippen molar-refractivity contribution in [3.05, 3.63) is 60.3 Å². The summed E-state index contributed by atoms with van der Waals surface area (Å²) in [7, 11) is 0. The molecule has 24 heavy (non-hydrogen) atoms. The monoisotopic (exact) mass is 323 g/mol. The second-order valence-corrected chi connectivity index (χ2v) is 5.71. The van der Waals surface area contributed by atoms with Crippen LogP contribution in [0, 0.1) is 5.82 Å². The summed E-state index contributed by atoms with van der Waals surface area (Å²) in [5.41, 5.74) is 3.28. The number of aromatic nitrogens is 3. The molecule has 0 saturated carbocycles. The third-order valence-corrected chi connectivity index (χ3v) is 3.97. The van der Waals surface area contributed by atoms with Gasteiger partial charge < -0.3 is 4.74 Å². The summed E-state index contributed by atoms with van der Waals surface area (Å²) in [6.07, 6.45) is 3.08. The van der Waals surface area contributed by atoms with Crippen LogP contribution in [0.15, 0.2) is 48.8 Å². The average Bonchev–Trinajstić information content (AvgIpc) is 2.96. The summed E-state index contributed by atoms with van der Waals surface area (Å²) < 4.78 is 20.3. The number of esters is 1. The summed E-state index contributed by atoms with van der Waals surface area (Å²) in [6, 6.07) is 9.70. The molecule has 0 N–H and O–H groups in total. The van der Waals surface area contributed by atoms with Crippen LogP contribution in [0.2, 0.25) is 0 Å². The quantitative estimate of drug-likeness (QED) is 0.679. The number of benzene rings is 1. The molecule has 1 aliphatic rings. The molecule has 0 bridgehead atoms. The molecule has 5 nitrogen and oxygen atoms in total. The van der Waals surface area contributed by atoms with Gasteiger partial charge in [0.15, 0.2) is 5.69 Å². The highest BCUT2D eigenvalue weighted by molar-refractivity contribution is 6.00. The number of nitrogens with zero attached hydrogens (tertiary/aromatic N) is 3. The fourth-order valence-corrected chi connectivity index (χ4v) is 2.92. The molecule has 1 aliphatic heterocycles. The van der Waals surface area contributed by atoms with Gasteiger partial charge >= 0.3 is 5.97 Å². The fraction of sp³-hybridized carbons (Fsp3) is 0.167. The lowest BCUT2D eigenvalue weighted by atomic mass is 9.99. The van der Waals surface area contributed by atoms with E-state index in [1.54, 1.807) is 29.2 Å². The van der Waals surface area contributed by atoms with Crippen molar-refractivity contribution in [3.8, 4) is 22.4 Å². The smallest absolute Gasteiger partial charge is 0.357 e. The second-order valence-electron chi connectivity index (χ2n) is 5.71. The van der Waals surface area contributed by atoms with E-state index in [1.165, 1.54) is 12.1 Å². The number of fused-ring (bicyclic) bond motifs is 1. The van der Waals surface area contributed by atoms with Crippen molar-refractivity contribution in [1.82, 2.24) is 14.8 Å². The first-order valence-electron chi connectivity index (χ1n) is 7.61. The second kappa shape index (κ2) is 5.56. The molecule has 2 aromatic heterocycles. The number of cyclic esters (lactones) is 1. The average molecular weight is 323 g/mol. The van der Waals surface area contributed by atoms with Crippen molar-refractivity contribution in [2.24, 2.45) is 0 Å². The van der Waals surface area contributed by atoms with Gasteiger partial charge in [0.1, 0.15) is 17.6 Å². The number of carbonyl (C=O) groups is 1. The molecule has 0 saturated heterocycles. The molecule has 1 aromatic carbocycles. The van der Waals surface area contributed by atoms with Crippen molar-refractivity contribution in [2.45, 2.75) is 19.6 Å². The van der Waals surface area contributed by atoms with Gasteiger partial charge in [-0.05, 0) is 48.9 Å². The first kappa shape index (κ1) is 14.6. The topological polar surface area (TPSA) is 57.0 Å². The van der Waals surface area contributed by atoms with Gasteiger partial charge in [-0.15, -0.1) is 0 Å². The largest absolute Gasteiger partial charge is 0.456 e. The van der Waals surface area contributed by atoms with E-state index in [-0.39, 0.29) is 11.9 Å². The summed E-state index contributed by atoms with van der Waals surface area (Å²) in [5, 5.41) is 4.60. The van der Waals surface area contributed by atoms with E-state index in [0.29, 0.717) is 23.5 Å². The maximum Gasteiger partial charge on any atom is 0.357 e. The predicted molar refractivity (Wildman–Crippen MR) is 85.7 cm³/mol. The third kappa shape index (κ3) is 2.36. The van der Waals surface area contributed by atoms with E-state index in [1.807, 2.05) is 19.1 Å². The lowest BCUT2D eigenvalue weighted by molar-refractivity contribution is 0.0197. The maximum atomic E-state index is 13.3. The van der Waals surface area contributed by atoms with Crippen molar-refractivity contribution < 1.29 is 13.9 Å². The van der Waals surface area contributed by atoms with Gasteiger partial charge in [0.25, 0.3) is 0 Å². The zero-order chi connectivity index (χ0) is 16.7. The predicted octanol–water partition coefficient (Wildman–Crippen LogP) is 3.31. The third-order valence-electron chi connectivity index (χ3n) is 3.97. The first-order chi connectivity index (χ1) is 11.6. The minimum absolute atomic E-state index is 0.240. The van der Waals surface area contributed by atoms with Crippen LogP contribution >= 0.6 is 0 Å². The maximum absolute atomic E-state index is 13.3. The molecule has 0 aliphatic carbocycles. The number of hydrogen-bond acceptors (Lipinski definition) is 4. The van der Waals surface area contributed by atoms with Crippen molar-refractivity contribution in [3.63, 3.8) is 0 Å². The molecule has 0 amide bonds. The Balaban J connectivity index is 1.98. The number of ether oxygens (including phenoxy) is 1. The van der Waals surface area contributed by atoms with Gasteiger partial charge in [-0.3, -0.25) is 9.67 Å². The van der Waals surface area contributed by atoms with Gasteiger partial charge in [-0.2, -0.15) is 5.10 Å². The van der Waals surface area contributed by atoms with Crippen LogP contribution in [0.25, 0.3) is 22.4 Å². The minimum Gasteiger partial charge on any atom is -0.456 e. The van der Waals surface area contributed by atoms with E-state index < -0.39 is 5.97 Å². The zero-order valence-corrected chi connectivity index (χ0v) is 12.9. The molecule has 120 valence electrons. The van der Waals surface area contributed by atoms with Crippen LogP contribution in [0.1, 0.15) is 17.4 Å². The Morgan fingerprint density at radius 2 is 1.83 bits per heavy atom. The van der Waals surface area contributed by atoms with E-state index in [2.05, 4.69) is 10.1 Å². The summed E-state index contributed by atoms with van der Waals surface area (Å²) in [5.74, 6) is -0.720. The molecular formula is C18H14FN3O2.